The number of hydrogen-bond acceptors (Lipinski definition) is 5. The summed E-state index contributed by atoms with van der Waals surface area (Å²) in [4.78, 5) is 40.4. The van der Waals surface area contributed by atoms with Gasteiger partial charge >= 0.3 is 0 Å². The largest absolute Gasteiger partial charge is 0.365 e. The lowest BCUT2D eigenvalue weighted by atomic mass is 10.1. The van der Waals surface area contributed by atoms with Crippen molar-refractivity contribution in [1.82, 2.24) is 19.9 Å². The van der Waals surface area contributed by atoms with E-state index in [-0.39, 0.29) is 30.3 Å². The topological polar surface area (TPSA) is 131 Å². The first-order valence-corrected chi connectivity index (χ1v) is 10.4. The quantitative estimate of drug-likeness (QED) is 0.470. The van der Waals surface area contributed by atoms with E-state index in [1.807, 2.05) is 32.9 Å². The number of nitrogens with two attached hydrogens (primary N) is 1. The molecule has 0 aliphatic carbocycles. The molecule has 0 spiro atoms. The van der Waals surface area contributed by atoms with Gasteiger partial charge in [-0.3, -0.25) is 14.4 Å². The Morgan fingerprint density at radius 1 is 1.16 bits per heavy atom. The number of nitrogens with zero attached hydrogens (tertiary/aromatic N) is 3. The van der Waals surface area contributed by atoms with Crippen LogP contribution in [0.4, 0.5) is 5.69 Å². The number of carbonyl (C=O) groups excluding carboxylic acids is 3. The molecule has 3 aromatic rings. The first-order chi connectivity index (χ1) is 14.7. The van der Waals surface area contributed by atoms with Gasteiger partial charge in [0.25, 0.3) is 5.91 Å². The van der Waals surface area contributed by atoms with Crippen LogP contribution in [0.15, 0.2) is 28.9 Å². The lowest BCUT2D eigenvalue weighted by Gasteiger charge is -2.12. The summed E-state index contributed by atoms with van der Waals surface area (Å²) < 4.78 is 2.48. The number of aromatic nitrogens is 3. The summed E-state index contributed by atoms with van der Waals surface area (Å²) in [6, 6.07) is 5.53. The highest BCUT2D eigenvalue weighted by Crippen LogP contribution is 2.20. The first-order valence-electron chi connectivity index (χ1n) is 9.63. The minimum atomic E-state index is -0.593. The zero-order valence-corrected chi connectivity index (χ0v) is 19.0. The molecular formula is C21H23BrN6O3. The summed E-state index contributed by atoms with van der Waals surface area (Å²) in [6.45, 7) is 5.43. The summed E-state index contributed by atoms with van der Waals surface area (Å²) in [5.41, 5.74) is 9.97. The molecule has 0 saturated heterocycles. The van der Waals surface area contributed by atoms with Gasteiger partial charge in [-0.1, -0.05) is 15.9 Å². The Kier molecular flexibility index (Phi) is 6.69. The van der Waals surface area contributed by atoms with Crippen molar-refractivity contribution in [2.75, 3.05) is 11.9 Å². The number of halogens is 1. The van der Waals surface area contributed by atoms with Crippen LogP contribution in [-0.4, -0.2) is 38.9 Å². The molecule has 0 aliphatic rings. The van der Waals surface area contributed by atoms with Crippen LogP contribution in [0, 0.1) is 20.8 Å². The number of amides is 3. The third-order valence-electron chi connectivity index (χ3n) is 4.98. The van der Waals surface area contributed by atoms with E-state index in [1.54, 1.807) is 10.6 Å². The number of benzene rings is 1. The highest BCUT2D eigenvalue weighted by molar-refractivity contribution is 9.10. The second-order valence-corrected chi connectivity index (χ2v) is 8.12. The van der Waals surface area contributed by atoms with Crippen LogP contribution in [0.5, 0.6) is 0 Å². The van der Waals surface area contributed by atoms with Crippen LogP contribution in [-0.2, 0) is 16.0 Å². The molecule has 0 saturated carbocycles. The lowest BCUT2D eigenvalue weighted by Crippen LogP contribution is -2.33. The van der Waals surface area contributed by atoms with E-state index in [0.29, 0.717) is 23.4 Å². The average molecular weight is 487 g/mol. The number of nitrogens with one attached hydrogen (secondary N) is 2. The highest BCUT2D eigenvalue weighted by Gasteiger charge is 2.17. The number of primary amides is 1. The van der Waals surface area contributed by atoms with Crippen molar-refractivity contribution in [2.45, 2.75) is 33.6 Å². The van der Waals surface area contributed by atoms with Gasteiger partial charge in [-0.25, -0.2) is 9.50 Å². The van der Waals surface area contributed by atoms with Crippen molar-refractivity contribution in [3.8, 4) is 0 Å². The third-order valence-corrected chi connectivity index (χ3v) is 5.48. The molecular weight excluding hydrogens is 464 g/mol. The van der Waals surface area contributed by atoms with Gasteiger partial charge in [-0.05, 0) is 56.5 Å². The smallest absolute Gasteiger partial charge is 0.254 e. The number of hydrogen-bond donors (Lipinski definition) is 3. The minimum Gasteiger partial charge on any atom is -0.365 e. The predicted molar refractivity (Wildman–Crippen MR) is 120 cm³/mol. The van der Waals surface area contributed by atoms with E-state index in [0.717, 1.165) is 21.3 Å². The third kappa shape index (κ3) is 5.08. The van der Waals surface area contributed by atoms with Crippen LogP contribution in [0.25, 0.3) is 5.65 Å². The van der Waals surface area contributed by atoms with Crippen molar-refractivity contribution < 1.29 is 14.4 Å². The van der Waals surface area contributed by atoms with E-state index < -0.39 is 5.91 Å². The van der Waals surface area contributed by atoms with Gasteiger partial charge in [0.15, 0.2) is 5.65 Å². The number of anilines is 1. The fourth-order valence-electron chi connectivity index (χ4n) is 3.31. The van der Waals surface area contributed by atoms with E-state index >= 15 is 0 Å². The van der Waals surface area contributed by atoms with Crippen molar-refractivity contribution in [2.24, 2.45) is 5.73 Å². The standard InChI is InChI=1S/C21H23BrN6O3/c1-11-8-14(22)4-6-17(11)27-19(30)10-24-18(29)7-5-15-12(2)26-21-16(20(23)31)9-25-28(21)13(15)3/h4,6,8-9H,5,7,10H2,1-3H3,(H2,23,31)(H,24,29)(H,27,30). The number of fused-ring (bicyclic) bond motifs is 1. The van der Waals surface area contributed by atoms with Gasteiger partial charge in [-0.2, -0.15) is 5.10 Å². The molecule has 0 aliphatic heterocycles. The fourth-order valence-corrected chi connectivity index (χ4v) is 3.79. The Bertz CT molecular complexity index is 1190. The van der Waals surface area contributed by atoms with Gasteiger partial charge in [-0.15, -0.1) is 0 Å². The summed E-state index contributed by atoms with van der Waals surface area (Å²) in [7, 11) is 0. The zero-order chi connectivity index (χ0) is 22.7. The molecule has 3 rings (SSSR count). The molecule has 1 aromatic carbocycles. The van der Waals surface area contributed by atoms with Gasteiger partial charge < -0.3 is 16.4 Å². The zero-order valence-electron chi connectivity index (χ0n) is 17.5. The first kappa shape index (κ1) is 22.4. The van der Waals surface area contributed by atoms with Crippen LogP contribution < -0.4 is 16.4 Å². The summed E-state index contributed by atoms with van der Waals surface area (Å²) >= 11 is 3.38. The fraction of sp³-hybridized carbons (Fsp3) is 0.286. The van der Waals surface area contributed by atoms with E-state index in [4.69, 9.17) is 5.73 Å². The molecule has 10 heteroatoms. The number of carbonyl (C=O) groups is 3. The molecule has 9 nitrogen and oxygen atoms in total. The highest BCUT2D eigenvalue weighted by atomic mass is 79.9. The Hall–Kier alpha value is -3.27. The maximum atomic E-state index is 12.3. The molecule has 3 amide bonds. The van der Waals surface area contributed by atoms with Crippen LogP contribution in [0.2, 0.25) is 0 Å². The van der Waals surface area contributed by atoms with Crippen molar-refractivity contribution >= 4 is 45.0 Å². The Morgan fingerprint density at radius 2 is 1.90 bits per heavy atom. The van der Waals surface area contributed by atoms with Crippen molar-refractivity contribution in [1.29, 1.82) is 0 Å². The van der Waals surface area contributed by atoms with E-state index in [9.17, 15) is 14.4 Å². The SMILES string of the molecule is Cc1cc(Br)ccc1NC(=O)CNC(=O)CCc1c(C)nc2c(C(N)=O)cnn2c1C. The lowest BCUT2D eigenvalue weighted by molar-refractivity contribution is -0.124. The molecule has 0 bridgehead atoms. The molecule has 4 N–H and O–H groups in total. The summed E-state index contributed by atoms with van der Waals surface area (Å²) in [6.07, 6.45) is 1.99. The van der Waals surface area contributed by atoms with Crippen LogP contribution in [0.1, 0.15) is 39.3 Å². The van der Waals surface area contributed by atoms with Gasteiger partial charge in [0.1, 0.15) is 5.56 Å². The van der Waals surface area contributed by atoms with Crippen LogP contribution >= 0.6 is 15.9 Å². The van der Waals surface area contributed by atoms with Gasteiger partial charge in [0, 0.05) is 28.0 Å². The molecule has 31 heavy (non-hydrogen) atoms. The normalized spacial score (nSPS) is 10.8. The Balaban J connectivity index is 1.58. The van der Waals surface area contributed by atoms with Crippen molar-refractivity contribution in [3.05, 3.63) is 56.9 Å². The Labute approximate surface area is 187 Å². The van der Waals surface area contributed by atoms with E-state index in [2.05, 4.69) is 36.6 Å². The van der Waals surface area contributed by atoms with Gasteiger partial charge in [0.05, 0.1) is 12.7 Å². The number of aryl methyl sites for hydroxylation is 3. The van der Waals surface area contributed by atoms with E-state index in [1.165, 1.54) is 6.20 Å². The van der Waals surface area contributed by atoms with Crippen molar-refractivity contribution in [3.63, 3.8) is 0 Å². The average Bonchev–Trinajstić information content (AvgIpc) is 3.12. The molecule has 162 valence electrons. The molecule has 0 fully saturated rings. The second kappa shape index (κ2) is 9.25. The monoisotopic (exact) mass is 486 g/mol. The summed E-state index contributed by atoms with van der Waals surface area (Å²) in [5.74, 6) is -1.14. The molecule has 0 unspecified atom stereocenters. The maximum absolute atomic E-state index is 12.3. The summed E-state index contributed by atoms with van der Waals surface area (Å²) in [5, 5.41) is 9.59. The molecule has 0 atom stereocenters. The van der Waals surface area contributed by atoms with Crippen LogP contribution in [0.3, 0.4) is 0 Å². The Morgan fingerprint density at radius 3 is 2.58 bits per heavy atom. The number of rotatable bonds is 7. The molecule has 2 heterocycles. The second-order valence-electron chi connectivity index (χ2n) is 7.20. The van der Waals surface area contributed by atoms with Gasteiger partial charge in [0.2, 0.25) is 11.8 Å². The molecule has 0 radical (unpaired) electrons. The predicted octanol–water partition coefficient (Wildman–Crippen LogP) is 2.20. The molecule has 2 aromatic heterocycles. The maximum Gasteiger partial charge on any atom is 0.254 e. The minimum absolute atomic E-state index is 0.120.